The Labute approximate surface area is 174 Å². The van der Waals surface area contributed by atoms with E-state index >= 15 is 0 Å². The third kappa shape index (κ3) is 2.51. The molecule has 2 aromatic carbocycles. The first-order valence-electron chi connectivity index (χ1n) is 10.0. The number of anilines is 1. The van der Waals surface area contributed by atoms with Gasteiger partial charge in [-0.1, -0.05) is 48.1 Å². The fourth-order valence-corrected chi connectivity index (χ4v) is 5.24. The zero-order valence-corrected chi connectivity index (χ0v) is 16.7. The Morgan fingerprint density at radius 3 is 1.93 bits per heavy atom. The van der Waals surface area contributed by atoms with Gasteiger partial charge in [-0.2, -0.15) is 0 Å². The maximum atomic E-state index is 13.3. The number of amides is 2. The van der Waals surface area contributed by atoms with Gasteiger partial charge in [0.25, 0.3) is 0 Å². The Morgan fingerprint density at radius 2 is 1.40 bits per heavy atom. The van der Waals surface area contributed by atoms with Gasteiger partial charge < -0.3 is 4.74 Å². The van der Waals surface area contributed by atoms with Gasteiger partial charge in [-0.05, 0) is 42.3 Å². The number of carbonyl (C=O) groups is 3. The molecule has 2 aliphatic carbocycles. The highest BCUT2D eigenvalue weighted by Gasteiger charge is 2.62. The Bertz CT molecular complexity index is 1080. The standard InChI is InChI=1S/C25H21NO4/c1-14(15-6-4-3-5-7-15)20-18-12-13-19(20)22-21(18)23(27)26(24(22)28)17-10-8-16(9-11-17)25(29)30-2/h3-13,18-19,21-22H,1-2H3/t18-,19-,21-,22-/m0/s1. The van der Waals surface area contributed by atoms with Crippen LogP contribution in [-0.2, 0) is 14.3 Å². The van der Waals surface area contributed by atoms with Crippen LogP contribution in [0.5, 0.6) is 0 Å². The van der Waals surface area contributed by atoms with E-state index in [4.69, 9.17) is 4.74 Å². The van der Waals surface area contributed by atoms with E-state index < -0.39 is 5.97 Å². The van der Waals surface area contributed by atoms with Crippen LogP contribution in [0.25, 0.3) is 5.57 Å². The molecule has 4 atom stereocenters. The van der Waals surface area contributed by atoms with E-state index in [0.29, 0.717) is 11.3 Å². The zero-order chi connectivity index (χ0) is 21.0. The predicted molar refractivity (Wildman–Crippen MR) is 112 cm³/mol. The molecular formula is C25H21NO4. The number of imide groups is 1. The van der Waals surface area contributed by atoms with Crippen molar-refractivity contribution in [1.29, 1.82) is 0 Å². The Kier molecular flexibility index (Phi) is 4.21. The minimum atomic E-state index is -0.453. The molecule has 1 saturated heterocycles. The molecule has 2 amide bonds. The van der Waals surface area contributed by atoms with E-state index in [1.54, 1.807) is 24.3 Å². The van der Waals surface area contributed by atoms with Crippen LogP contribution in [0, 0.1) is 23.7 Å². The number of fused-ring (bicyclic) bond motifs is 5. The molecule has 1 saturated carbocycles. The average molecular weight is 399 g/mol. The second kappa shape index (κ2) is 6.80. The van der Waals surface area contributed by atoms with Crippen molar-refractivity contribution in [2.45, 2.75) is 6.92 Å². The lowest BCUT2D eigenvalue weighted by atomic mass is 9.85. The number of allylic oxidation sites excluding steroid dienone is 4. The minimum absolute atomic E-state index is 0.0454. The van der Waals surface area contributed by atoms with Crippen LogP contribution < -0.4 is 4.90 Å². The van der Waals surface area contributed by atoms with Gasteiger partial charge in [-0.25, -0.2) is 9.69 Å². The maximum Gasteiger partial charge on any atom is 0.337 e. The molecule has 3 aliphatic rings. The second-order valence-corrected chi connectivity index (χ2v) is 7.98. The highest BCUT2D eigenvalue weighted by molar-refractivity contribution is 6.23. The quantitative estimate of drug-likeness (QED) is 0.447. The smallest absolute Gasteiger partial charge is 0.337 e. The normalized spacial score (nSPS) is 26.3. The Balaban J connectivity index is 1.49. The topological polar surface area (TPSA) is 63.7 Å². The molecule has 5 nitrogen and oxygen atoms in total. The molecular weight excluding hydrogens is 378 g/mol. The molecule has 0 N–H and O–H groups in total. The molecule has 0 spiro atoms. The average Bonchev–Trinajstić information content (AvgIpc) is 3.43. The van der Waals surface area contributed by atoms with Crippen molar-refractivity contribution >= 4 is 29.0 Å². The molecule has 30 heavy (non-hydrogen) atoms. The summed E-state index contributed by atoms with van der Waals surface area (Å²) in [7, 11) is 1.32. The molecule has 1 aliphatic heterocycles. The van der Waals surface area contributed by atoms with Gasteiger partial charge in [0.2, 0.25) is 11.8 Å². The molecule has 5 heteroatoms. The van der Waals surface area contributed by atoms with E-state index in [0.717, 1.165) is 11.1 Å². The number of benzene rings is 2. The maximum absolute atomic E-state index is 13.3. The number of carbonyl (C=O) groups excluding carboxylic acids is 3. The van der Waals surface area contributed by atoms with Gasteiger partial charge in [0.05, 0.1) is 30.2 Å². The van der Waals surface area contributed by atoms with Gasteiger partial charge in [0, 0.05) is 11.8 Å². The van der Waals surface area contributed by atoms with Gasteiger partial charge >= 0.3 is 5.97 Å². The molecule has 1 heterocycles. The molecule has 2 aromatic rings. The number of hydrogen-bond donors (Lipinski definition) is 0. The van der Waals surface area contributed by atoms with Crippen LogP contribution in [0.3, 0.4) is 0 Å². The van der Waals surface area contributed by atoms with Gasteiger partial charge in [-0.3, -0.25) is 9.59 Å². The van der Waals surface area contributed by atoms with Crippen molar-refractivity contribution in [2.24, 2.45) is 23.7 Å². The minimum Gasteiger partial charge on any atom is -0.465 e. The lowest BCUT2D eigenvalue weighted by Gasteiger charge is -2.20. The molecule has 0 radical (unpaired) electrons. The first kappa shape index (κ1) is 18.6. The summed E-state index contributed by atoms with van der Waals surface area (Å²) in [4.78, 5) is 39.6. The Hall–Kier alpha value is -3.47. The van der Waals surface area contributed by atoms with Crippen LogP contribution >= 0.6 is 0 Å². The third-order valence-corrected chi connectivity index (χ3v) is 6.60. The van der Waals surface area contributed by atoms with Crippen molar-refractivity contribution in [2.75, 3.05) is 12.0 Å². The third-order valence-electron chi connectivity index (χ3n) is 6.60. The number of esters is 1. The first-order valence-corrected chi connectivity index (χ1v) is 10.0. The van der Waals surface area contributed by atoms with Crippen molar-refractivity contribution < 1.29 is 19.1 Å². The van der Waals surface area contributed by atoms with Gasteiger partial charge in [-0.15, -0.1) is 0 Å². The molecule has 5 rings (SSSR count). The lowest BCUT2D eigenvalue weighted by molar-refractivity contribution is -0.122. The van der Waals surface area contributed by atoms with E-state index in [9.17, 15) is 14.4 Å². The highest BCUT2D eigenvalue weighted by atomic mass is 16.5. The summed E-state index contributed by atoms with van der Waals surface area (Å²) in [5, 5.41) is 0. The SMILES string of the molecule is COC(=O)c1ccc(N2C(=O)[C@@H]3[C@@H](C2=O)[C@H]2C=C[C@H]3C2=C(C)c2ccccc2)cc1. The van der Waals surface area contributed by atoms with Crippen LogP contribution in [0.4, 0.5) is 5.69 Å². The van der Waals surface area contributed by atoms with Crippen molar-refractivity contribution in [3.63, 3.8) is 0 Å². The van der Waals surface area contributed by atoms with Gasteiger partial charge in [0.15, 0.2) is 0 Å². The van der Waals surface area contributed by atoms with Crippen LogP contribution in [-0.4, -0.2) is 24.9 Å². The molecule has 0 unspecified atom stereocenters. The predicted octanol–water partition coefficient (Wildman–Crippen LogP) is 3.87. The van der Waals surface area contributed by atoms with E-state index in [2.05, 4.69) is 31.2 Å². The summed E-state index contributed by atoms with van der Waals surface area (Å²) in [5.74, 6) is -1.59. The molecule has 150 valence electrons. The number of methoxy groups -OCH3 is 1. The largest absolute Gasteiger partial charge is 0.465 e. The van der Waals surface area contributed by atoms with Gasteiger partial charge in [0.1, 0.15) is 0 Å². The first-order chi connectivity index (χ1) is 14.5. The molecule has 0 aromatic heterocycles. The van der Waals surface area contributed by atoms with Crippen LogP contribution in [0.15, 0.2) is 72.3 Å². The number of hydrogen-bond acceptors (Lipinski definition) is 4. The van der Waals surface area contributed by atoms with Crippen LogP contribution in [0.2, 0.25) is 0 Å². The Morgan fingerprint density at radius 1 is 0.833 bits per heavy atom. The highest BCUT2D eigenvalue weighted by Crippen LogP contribution is 2.58. The fraction of sp³-hybridized carbons (Fsp3) is 0.240. The molecule has 2 bridgehead atoms. The van der Waals surface area contributed by atoms with Crippen molar-refractivity contribution in [1.82, 2.24) is 0 Å². The molecule has 2 fully saturated rings. The zero-order valence-electron chi connectivity index (χ0n) is 16.7. The lowest BCUT2D eigenvalue weighted by Crippen LogP contribution is -2.33. The number of nitrogens with zero attached hydrogens (tertiary/aromatic N) is 1. The van der Waals surface area contributed by atoms with E-state index in [-0.39, 0.29) is 35.5 Å². The summed E-state index contributed by atoms with van der Waals surface area (Å²) < 4.78 is 4.71. The number of ether oxygens (including phenoxy) is 1. The number of rotatable bonds is 3. The van der Waals surface area contributed by atoms with Crippen LogP contribution in [0.1, 0.15) is 22.8 Å². The summed E-state index contributed by atoms with van der Waals surface area (Å²) in [6.07, 6.45) is 4.17. The van der Waals surface area contributed by atoms with E-state index in [1.165, 1.54) is 17.6 Å². The fourth-order valence-electron chi connectivity index (χ4n) is 5.24. The summed E-state index contributed by atoms with van der Waals surface area (Å²) in [6.45, 7) is 2.08. The summed E-state index contributed by atoms with van der Waals surface area (Å²) >= 11 is 0. The van der Waals surface area contributed by atoms with Crippen molar-refractivity contribution in [3.8, 4) is 0 Å². The summed E-state index contributed by atoms with van der Waals surface area (Å²) in [5.41, 5.74) is 4.35. The van der Waals surface area contributed by atoms with Crippen molar-refractivity contribution in [3.05, 3.63) is 83.4 Å². The second-order valence-electron chi connectivity index (χ2n) is 7.98. The van der Waals surface area contributed by atoms with E-state index in [1.807, 2.05) is 18.2 Å². The summed E-state index contributed by atoms with van der Waals surface area (Å²) in [6, 6.07) is 16.5. The monoisotopic (exact) mass is 399 g/mol.